The molecule has 0 atom stereocenters. The average Bonchev–Trinajstić information content (AvgIpc) is 3.07. The van der Waals surface area contributed by atoms with Crippen LogP contribution in [0, 0.1) is 0 Å². The lowest BCUT2D eigenvalue weighted by atomic mass is 9.76. The van der Waals surface area contributed by atoms with E-state index in [0.717, 1.165) is 37.8 Å². The van der Waals surface area contributed by atoms with Crippen LogP contribution in [-0.2, 0) is 16.6 Å². The van der Waals surface area contributed by atoms with Crippen molar-refractivity contribution in [3.63, 3.8) is 0 Å². The molecule has 0 bridgehead atoms. The quantitative estimate of drug-likeness (QED) is 0.813. The summed E-state index contributed by atoms with van der Waals surface area (Å²) in [7, 11) is -3.35. The van der Waals surface area contributed by atoms with Crippen molar-refractivity contribution in [3.05, 3.63) is 17.0 Å². The molecule has 4 nitrogen and oxygen atoms in total. The van der Waals surface area contributed by atoms with Gasteiger partial charge in [0.25, 0.3) is 10.0 Å². The highest BCUT2D eigenvalue weighted by atomic mass is 32.2. The van der Waals surface area contributed by atoms with E-state index < -0.39 is 10.0 Å². The lowest BCUT2D eigenvalue weighted by molar-refractivity contribution is 0.214. The molecule has 2 fully saturated rings. The lowest BCUT2D eigenvalue weighted by Crippen LogP contribution is -2.52. The molecule has 1 aromatic heterocycles. The molecule has 3 rings (SSSR count). The smallest absolute Gasteiger partial charge is 0.250 e. The summed E-state index contributed by atoms with van der Waals surface area (Å²) in [6.45, 7) is 2.83. The molecule has 6 heteroatoms. The van der Waals surface area contributed by atoms with Gasteiger partial charge >= 0.3 is 0 Å². The number of hydrogen-bond acceptors (Lipinski definition) is 4. The number of nitrogens with one attached hydrogen (secondary N) is 2. The fourth-order valence-corrected chi connectivity index (χ4v) is 5.34. The molecular formula is C14H22N2O2S2. The van der Waals surface area contributed by atoms with E-state index in [-0.39, 0.29) is 5.54 Å². The Balaban J connectivity index is 1.67. The fourth-order valence-electron chi connectivity index (χ4n) is 2.60. The molecule has 2 aliphatic carbocycles. The summed E-state index contributed by atoms with van der Waals surface area (Å²) in [6, 6.07) is 2.45. The summed E-state index contributed by atoms with van der Waals surface area (Å²) in [6.07, 6.45) is 6.41. The van der Waals surface area contributed by atoms with Crippen LogP contribution in [0.1, 0.15) is 51.0 Å². The number of sulfonamides is 1. The molecule has 0 radical (unpaired) electrons. The molecular weight excluding hydrogens is 292 g/mol. The van der Waals surface area contributed by atoms with Crippen LogP contribution in [0.2, 0.25) is 0 Å². The van der Waals surface area contributed by atoms with Crippen molar-refractivity contribution in [3.8, 4) is 0 Å². The third-order valence-corrected chi connectivity index (χ3v) is 7.47. The lowest BCUT2D eigenvalue weighted by Gasteiger charge is -2.41. The van der Waals surface area contributed by atoms with Gasteiger partial charge < -0.3 is 5.32 Å². The van der Waals surface area contributed by atoms with Gasteiger partial charge in [0, 0.05) is 18.1 Å². The SMILES string of the molecule is CCC1(NS(=O)(=O)c2cc(CNC3CC3)cs2)CCC1. The van der Waals surface area contributed by atoms with Crippen LogP contribution in [0.3, 0.4) is 0 Å². The molecule has 0 spiro atoms. The molecule has 0 saturated heterocycles. The minimum Gasteiger partial charge on any atom is -0.310 e. The maximum Gasteiger partial charge on any atom is 0.250 e. The van der Waals surface area contributed by atoms with E-state index in [0.29, 0.717) is 10.3 Å². The highest BCUT2D eigenvalue weighted by molar-refractivity contribution is 7.91. The molecule has 0 unspecified atom stereocenters. The van der Waals surface area contributed by atoms with Crippen molar-refractivity contribution in [2.75, 3.05) is 0 Å². The van der Waals surface area contributed by atoms with Crippen molar-refractivity contribution in [1.82, 2.24) is 10.0 Å². The second-order valence-corrected chi connectivity index (χ2v) is 8.84. The average molecular weight is 314 g/mol. The zero-order chi connectivity index (χ0) is 14.2. The van der Waals surface area contributed by atoms with E-state index in [9.17, 15) is 8.42 Å². The Morgan fingerprint density at radius 1 is 1.40 bits per heavy atom. The number of rotatable bonds is 7. The zero-order valence-corrected chi connectivity index (χ0v) is 13.4. The first-order valence-electron chi connectivity index (χ1n) is 7.38. The molecule has 0 aliphatic heterocycles. The first kappa shape index (κ1) is 14.5. The van der Waals surface area contributed by atoms with E-state index in [2.05, 4.69) is 17.0 Å². The molecule has 1 heterocycles. The van der Waals surface area contributed by atoms with Crippen LogP contribution >= 0.6 is 11.3 Å². The third-order valence-electron chi connectivity index (χ3n) is 4.41. The van der Waals surface area contributed by atoms with Gasteiger partial charge in [0.05, 0.1) is 0 Å². The summed E-state index contributed by atoms with van der Waals surface area (Å²) >= 11 is 1.32. The van der Waals surface area contributed by atoms with Crippen LogP contribution in [0.25, 0.3) is 0 Å². The predicted molar refractivity (Wildman–Crippen MR) is 81.4 cm³/mol. The maximum absolute atomic E-state index is 12.4. The Kier molecular flexibility index (Phi) is 3.92. The van der Waals surface area contributed by atoms with Gasteiger partial charge in [-0.1, -0.05) is 6.92 Å². The normalized spacial score (nSPS) is 21.6. The van der Waals surface area contributed by atoms with Crippen LogP contribution in [-0.4, -0.2) is 20.0 Å². The summed E-state index contributed by atoms with van der Waals surface area (Å²) in [5, 5.41) is 5.36. The topological polar surface area (TPSA) is 58.2 Å². The van der Waals surface area contributed by atoms with E-state index in [1.165, 1.54) is 24.2 Å². The van der Waals surface area contributed by atoms with Gasteiger partial charge in [-0.2, -0.15) is 0 Å². The minimum absolute atomic E-state index is 0.185. The van der Waals surface area contributed by atoms with E-state index in [4.69, 9.17) is 0 Å². The highest BCUT2D eigenvalue weighted by Crippen LogP contribution is 2.36. The zero-order valence-electron chi connectivity index (χ0n) is 11.8. The maximum atomic E-state index is 12.4. The number of hydrogen-bond donors (Lipinski definition) is 2. The Hall–Kier alpha value is -0.430. The second-order valence-electron chi connectivity index (χ2n) is 6.02. The Morgan fingerprint density at radius 2 is 2.15 bits per heavy atom. The van der Waals surface area contributed by atoms with Gasteiger partial charge in [0.15, 0.2) is 0 Å². The molecule has 1 aromatic rings. The van der Waals surface area contributed by atoms with Gasteiger partial charge in [-0.15, -0.1) is 11.3 Å². The van der Waals surface area contributed by atoms with Crippen molar-refractivity contribution >= 4 is 21.4 Å². The standard InChI is InChI=1S/C14H22N2O2S2/c1-2-14(6-3-7-14)16-20(17,18)13-8-11(10-19-13)9-15-12-4-5-12/h8,10,12,15-16H,2-7,9H2,1H3. The fraction of sp³-hybridized carbons (Fsp3) is 0.714. The summed E-state index contributed by atoms with van der Waals surface area (Å²) in [4.78, 5) is 0. The first-order valence-corrected chi connectivity index (χ1v) is 9.74. The Labute approximate surface area is 125 Å². The Bertz CT molecular complexity index is 566. The molecule has 2 aliphatic rings. The summed E-state index contributed by atoms with van der Waals surface area (Å²) in [5.74, 6) is 0. The van der Waals surface area contributed by atoms with Crippen LogP contribution in [0.5, 0.6) is 0 Å². The Morgan fingerprint density at radius 3 is 2.70 bits per heavy atom. The van der Waals surface area contributed by atoms with Crippen LogP contribution in [0.15, 0.2) is 15.7 Å². The van der Waals surface area contributed by atoms with Crippen molar-refractivity contribution in [1.29, 1.82) is 0 Å². The van der Waals surface area contributed by atoms with Gasteiger partial charge in [-0.3, -0.25) is 0 Å². The molecule has 2 saturated carbocycles. The highest BCUT2D eigenvalue weighted by Gasteiger charge is 2.39. The van der Waals surface area contributed by atoms with E-state index in [1.54, 1.807) is 0 Å². The molecule has 2 N–H and O–H groups in total. The summed E-state index contributed by atoms with van der Waals surface area (Å²) in [5.41, 5.74) is 0.886. The third kappa shape index (κ3) is 3.08. The van der Waals surface area contributed by atoms with Crippen molar-refractivity contribution in [2.45, 2.75) is 67.8 Å². The molecule has 112 valence electrons. The molecule has 0 aromatic carbocycles. The largest absolute Gasteiger partial charge is 0.310 e. The van der Waals surface area contributed by atoms with Crippen molar-refractivity contribution in [2.24, 2.45) is 0 Å². The minimum atomic E-state index is -3.35. The van der Waals surface area contributed by atoms with Crippen LogP contribution in [0.4, 0.5) is 0 Å². The van der Waals surface area contributed by atoms with Crippen molar-refractivity contribution < 1.29 is 8.42 Å². The van der Waals surface area contributed by atoms with E-state index >= 15 is 0 Å². The first-order chi connectivity index (χ1) is 9.53. The summed E-state index contributed by atoms with van der Waals surface area (Å²) < 4.78 is 28.3. The van der Waals surface area contributed by atoms with Gasteiger partial charge in [-0.25, -0.2) is 13.1 Å². The monoisotopic (exact) mass is 314 g/mol. The van der Waals surface area contributed by atoms with Gasteiger partial charge in [0.2, 0.25) is 0 Å². The van der Waals surface area contributed by atoms with Gasteiger partial charge in [0.1, 0.15) is 4.21 Å². The van der Waals surface area contributed by atoms with Crippen LogP contribution < -0.4 is 10.0 Å². The molecule has 20 heavy (non-hydrogen) atoms. The second kappa shape index (κ2) is 5.40. The molecule has 0 amide bonds. The number of thiophene rings is 1. The van der Waals surface area contributed by atoms with E-state index in [1.807, 2.05) is 11.4 Å². The predicted octanol–water partition coefficient (Wildman–Crippen LogP) is 2.61. The van der Waals surface area contributed by atoms with Gasteiger partial charge in [-0.05, 0) is 55.5 Å².